The molecule has 72 heavy (non-hydrogen) atoms. The summed E-state index contributed by atoms with van der Waals surface area (Å²) in [4.78, 5) is 43.8. The van der Waals surface area contributed by atoms with Gasteiger partial charge in [-0.2, -0.15) is 8.78 Å². The number of amides is 1. The molecule has 1 aromatic carbocycles. The number of thiophene rings is 1. The average molecular weight is 1050 g/mol. The maximum absolute atomic E-state index is 13.6. The number of ether oxygens (including phenoxy) is 11. The van der Waals surface area contributed by atoms with E-state index in [9.17, 15) is 27.2 Å². The van der Waals surface area contributed by atoms with Gasteiger partial charge in [0.05, 0.1) is 179 Å². The molecule has 4 rings (SSSR count). The van der Waals surface area contributed by atoms with Crippen LogP contribution in [0.25, 0.3) is 6.08 Å². The van der Waals surface area contributed by atoms with Gasteiger partial charge < -0.3 is 62.7 Å². The van der Waals surface area contributed by atoms with E-state index in [1.165, 1.54) is 11.3 Å². The van der Waals surface area contributed by atoms with Crippen LogP contribution < -0.4 is 10.5 Å². The zero-order valence-corrected chi connectivity index (χ0v) is 41.9. The number of esters is 1. The first kappa shape index (κ1) is 60.0. The van der Waals surface area contributed by atoms with Crippen molar-refractivity contribution in [3.63, 3.8) is 0 Å². The van der Waals surface area contributed by atoms with Gasteiger partial charge in [-0.3, -0.25) is 24.5 Å². The van der Waals surface area contributed by atoms with E-state index in [1.807, 2.05) is 31.5 Å². The van der Waals surface area contributed by atoms with Crippen LogP contribution in [0.5, 0.6) is 5.75 Å². The van der Waals surface area contributed by atoms with Gasteiger partial charge in [0.2, 0.25) is 17.4 Å². The molecule has 0 radical (unpaired) electrons. The highest BCUT2D eigenvalue weighted by Gasteiger charge is 2.24. The summed E-state index contributed by atoms with van der Waals surface area (Å²) in [7, 11) is 1.99. The molecule has 3 heterocycles. The van der Waals surface area contributed by atoms with Gasteiger partial charge in [-0.1, -0.05) is 6.92 Å². The monoisotopic (exact) mass is 1040 g/mol. The zero-order chi connectivity index (χ0) is 51.6. The lowest BCUT2D eigenvalue weighted by Crippen LogP contribution is -2.34. The summed E-state index contributed by atoms with van der Waals surface area (Å²) in [5.74, 6) is -9.16. The van der Waals surface area contributed by atoms with Crippen LogP contribution in [0.1, 0.15) is 42.5 Å². The third-order valence-electron chi connectivity index (χ3n) is 9.92. The summed E-state index contributed by atoms with van der Waals surface area (Å²) in [6.45, 7) is 11.7. The number of likely N-dealkylation sites (N-methyl/N-ethyl adjacent to an activating group) is 1. The fourth-order valence-corrected chi connectivity index (χ4v) is 7.12. The number of rotatable bonds is 41. The fraction of sp³-hybridized carbons (Fsp3) is 0.604. The first-order chi connectivity index (χ1) is 35.0. The van der Waals surface area contributed by atoms with Crippen LogP contribution in [0.3, 0.4) is 0 Å². The highest BCUT2D eigenvalue weighted by Crippen LogP contribution is 2.32. The van der Waals surface area contributed by atoms with E-state index in [2.05, 4.69) is 24.6 Å². The number of nitrogens with zero attached hydrogens (tertiary/aromatic N) is 5. The Labute approximate surface area is 421 Å². The molecule has 1 aliphatic rings. The first-order valence-electron chi connectivity index (χ1n) is 23.7. The number of aliphatic imine (C=N–C) groups is 1. The van der Waals surface area contributed by atoms with Crippen molar-refractivity contribution >= 4 is 40.8 Å². The van der Waals surface area contributed by atoms with Crippen molar-refractivity contribution in [3.05, 3.63) is 75.0 Å². The van der Waals surface area contributed by atoms with Crippen molar-refractivity contribution in [1.29, 1.82) is 0 Å². The summed E-state index contributed by atoms with van der Waals surface area (Å²) in [6, 6.07) is 1.92. The smallest absolute Gasteiger partial charge is 0.313 e. The molecular formula is C48H68F4N6O13S. The van der Waals surface area contributed by atoms with Crippen LogP contribution in [-0.4, -0.2) is 190 Å². The SMILES string of the molecule is CCCN(Cc1cnc(CN(C)CCOCCOCCOCCOCCOCCOCCOCCOCCOCCOCCC(=O)Oc2c(F)c(F)cc(F)c2F)cn1)C(=O)C1=Cc2sccc2N=C(N)C1. The van der Waals surface area contributed by atoms with Crippen LogP contribution in [0.2, 0.25) is 0 Å². The summed E-state index contributed by atoms with van der Waals surface area (Å²) in [6.07, 6.45) is 6.10. The number of hydrogen-bond donors (Lipinski definition) is 1. The number of carbonyl (C=O) groups is 2. The predicted molar refractivity (Wildman–Crippen MR) is 257 cm³/mol. The van der Waals surface area contributed by atoms with Gasteiger partial charge in [0.1, 0.15) is 5.84 Å². The van der Waals surface area contributed by atoms with Gasteiger partial charge in [-0.15, -0.1) is 11.3 Å². The topological polar surface area (TPSA) is 206 Å². The van der Waals surface area contributed by atoms with Crippen LogP contribution >= 0.6 is 11.3 Å². The Morgan fingerprint density at radius 1 is 0.639 bits per heavy atom. The number of carbonyl (C=O) groups excluding carboxylic acids is 2. The van der Waals surface area contributed by atoms with Crippen molar-refractivity contribution in [3.8, 4) is 5.75 Å². The fourth-order valence-electron chi connectivity index (χ4n) is 6.33. The molecule has 19 nitrogen and oxygen atoms in total. The Morgan fingerprint density at radius 2 is 1.08 bits per heavy atom. The summed E-state index contributed by atoms with van der Waals surface area (Å²) >= 11 is 1.54. The lowest BCUT2D eigenvalue weighted by Gasteiger charge is -2.23. The van der Waals surface area contributed by atoms with Gasteiger partial charge in [0.25, 0.3) is 5.91 Å². The number of aromatic nitrogens is 2. The molecule has 0 atom stereocenters. The molecule has 0 spiro atoms. The van der Waals surface area contributed by atoms with Crippen molar-refractivity contribution in [2.75, 3.05) is 152 Å². The van der Waals surface area contributed by atoms with E-state index < -0.39 is 41.4 Å². The minimum Gasteiger partial charge on any atom is -0.420 e. The molecule has 0 fully saturated rings. The molecule has 1 aliphatic heterocycles. The van der Waals surface area contributed by atoms with Gasteiger partial charge >= 0.3 is 5.97 Å². The molecule has 2 N–H and O–H groups in total. The van der Waals surface area contributed by atoms with Gasteiger partial charge in [-0.05, 0) is 31.0 Å². The first-order valence-corrected chi connectivity index (χ1v) is 24.6. The van der Waals surface area contributed by atoms with Crippen LogP contribution in [0, 0.1) is 23.3 Å². The van der Waals surface area contributed by atoms with Gasteiger partial charge in [0, 0.05) is 37.7 Å². The number of halogens is 4. The largest absolute Gasteiger partial charge is 0.420 e. The molecule has 3 aromatic rings. The second kappa shape index (κ2) is 36.4. The molecule has 402 valence electrons. The highest BCUT2D eigenvalue weighted by atomic mass is 32.1. The molecule has 0 aliphatic carbocycles. The predicted octanol–water partition coefficient (Wildman–Crippen LogP) is 4.90. The van der Waals surface area contributed by atoms with Crippen molar-refractivity contribution in [2.45, 2.75) is 39.3 Å². The standard InChI is InChI=1S/C48H68F4N6O13S/c1-3-6-58(48(60)36-29-42-41(5-28-72-42)56-43(53)30-36)35-38-33-54-37(32-55-38)34-57(2)7-9-62-11-13-64-15-17-66-19-21-68-23-25-70-27-26-69-24-22-67-20-18-65-16-14-63-12-10-61-8-4-44(59)71-47-45(51)39(49)31-40(50)46(47)52/h5,28-29,31-33H,3-4,6-27,30,34-35H2,1-2H3,(H2,53,56). The van der Waals surface area contributed by atoms with Crippen molar-refractivity contribution in [1.82, 2.24) is 19.8 Å². The van der Waals surface area contributed by atoms with Crippen molar-refractivity contribution < 1.29 is 79.3 Å². The molecule has 2 aromatic heterocycles. The quantitative estimate of drug-likeness (QED) is 0.0264. The Hall–Kier alpha value is -4.57. The number of benzene rings is 1. The minimum absolute atomic E-state index is 0.0172. The molecule has 0 saturated carbocycles. The maximum Gasteiger partial charge on any atom is 0.313 e. The maximum atomic E-state index is 13.6. The lowest BCUT2D eigenvalue weighted by atomic mass is 10.1. The van der Waals surface area contributed by atoms with Gasteiger partial charge in [-0.25, -0.2) is 13.8 Å². The summed E-state index contributed by atoms with van der Waals surface area (Å²) < 4.78 is 113. The minimum atomic E-state index is -1.80. The summed E-state index contributed by atoms with van der Waals surface area (Å²) in [5.41, 5.74) is 9.08. The second-order valence-electron chi connectivity index (χ2n) is 15.7. The van der Waals surface area contributed by atoms with E-state index >= 15 is 0 Å². The molecular weight excluding hydrogens is 977 g/mol. The number of nitrogens with two attached hydrogens (primary N) is 1. The third kappa shape index (κ3) is 24.4. The molecule has 0 unspecified atom stereocenters. The Balaban J connectivity index is 0.833. The normalized spacial score (nSPS) is 12.5. The molecule has 0 bridgehead atoms. The zero-order valence-electron chi connectivity index (χ0n) is 41.1. The number of fused-ring (bicyclic) bond motifs is 1. The number of hydrogen-bond acceptors (Lipinski definition) is 19. The van der Waals surface area contributed by atoms with Crippen LogP contribution in [-0.2, 0) is 70.0 Å². The lowest BCUT2D eigenvalue weighted by molar-refractivity contribution is -0.136. The van der Waals surface area contributed by atoms with Gasteiger partial charge in [0.15, 0.2) is 11.6 Å². The average Bonchev–Trinajstić information content (AvgIpc) is 3.73. The van der Waals surface area contributed by atoms with E-state index in [0.29, 0.717) is 162 Å². The van der Waals surface area contributed by atoms with E-state index in [1.54, 1.807) is 17.3 Å². The summed E-state index contributed by atoms with van der Waals surface area (Å²) in [5, 5.41) is 1.94. The van der Waals surface area contributed by atoms with E-state index in [4.69, 9.17) is 53.1 Å². The molecule has 1 amide bonds. The number of amidine groups is 1. The molecule has 0 saturated heterocycles. The van der Waals surface area contributed by atoms with Crippen LogP contribution in [0.4, 0.5) is 23.2 Å². The highest BCUT2D eigenvalue weighted by molar-refractivity contribution is 7.11. The van der Waals surface area contributed by atoms with E-state index in [-0.39, 0.29) is 31.8 Å². The second-order valence-corrected chi connectivity index (χ2v) is 16.7. The van der Waals surface area contributed by atoms with Crippen molar-refractivity contribution in [2.24, 2.45) is 10.7 Å². The Morgan fingerprint density at radius 3 is 1.54 bits per heavy atom. The Bertz CT molecular complexity index is 2050. The Kier molecular flexibility index (Phi) is 30.3. The third-order valence-corrected chi connectivity index (χ3v) is 10.8. The van der Waals surface area contributed by atoms with E-state index in [0.717, 1.165) is 22.7 Å². The van der Waals surface area contributed by atoms with Crippen LogP contribution in [0.15, 0.2) is 40.5 Å². The molecule has 24 heteroatoms.